The van der Waals surface area contributed by atoms with E-state index < -0.39 is 6.61 Å². The minimum Gasteiger partial charge on any atom is -0.443 e. The molecule has 0 amide bonds. The molecule has 0 aliphatic carbocycles. The van der Waals surface area contributed by atoms with Gasteiger partial charge in [-0.1, -0.05) is 38.5 Å². The Morgan fingerprint density at radius 3 is 2.56 bits per heavy atom. The molecule has 1 aromatic heterocycles. The molecule has 8 heteroatoms. The van der Waals surface area contributed by atoms with Crippen LogP contribution < -0.4 is 15.4 Å². The van der Waals surface area contributed by atoms with Gasteiger partial charge in [0.05, 0.1) is 12.7 Å². The molecule has 6 nitrogen and oxygen atoms in total. The Morgan fingerprint density at radius 2 is 1.96 bits per heavy atom. The van der Waals surface area contributed by atoms with Crippen LogP contribution in [0.25, 0.3) is 0 Å². The summed E-state index contributed by atoms with van der Waals surface area (Å²) >= 11 is 0. The maximum Gasteiger partial charge on any atom is 0.387 e. The summed E-state index contributed by atoms with van der Waals surface area (Å²) in [5.74, 6) is 1.98. The van der Waals surface area contributed by atoms with E-state index >= 15 is 0 Å². The van der Waals surface area contributed by atoms with E-state index in [4.69, 9.17) is 4.42 Å². The molecule has 0 saturated heterocycles. The number of nitrogens with one attached hydrogen (secondary N) is 2. The molecular formula is C19H26F2N4O2. The molecule has 2 N–H and O–H groups in total. The fourth-order valence-corrected chi connectivity index (χ4v) is 2.35. The lowest BCUT2D eigenvalue weighted by atomic mass is 9.94. The highest BCUT2D eigenvalue weighted by Gasteiger charge is 2.19. The summed E-state index contributed by atoms with van der Waals surface area (Å²) in [6.07, 6.45) is 1.72. The summed E-state index contributed by atoms with van der Waals surface area (Å²) in [5, 5.41) is 6.17. The standard InChI is InChI=1S/C19H26F2N4O2/c1-12-6-7-14(26-17(20)21)13(8-12)9-24-18(22-5)25-11-16-23-10-15(27-16)19(2,3)4/h6-8,10,17H,9,11H2,1-5H3,(H2,22,24,25). The molecule has 0 aliphatic rings. The Hall–Kier alpha value is -2.64. The maximum atomic E-state index is 12.6. The minimum atomic E-state index is -2.87. The number of guanidine groups is 1. The second kappa shape index (κ2) is 8.83. The van der Waals surface area contributed by atoms with Crippen molar-refractivity contribution in [3.05, 3.63) is 47.2 Å². The zero-order valence-electron chi connectivity index (χ0n) is 16.3. The highest BCUT2D eigenvalue weighted by atomic mass is 19.3. The van der Waals surface area contributed by atoms with Crippen molar-refractivity contribution in [2.24, 2.45) is 4.99 Å². The van der Waals surface area contributed by atoms with Crippen LogP contribution >= 0.6 is 0 Å². The number of aromatic nitrogens is 1. The molecule has 0 aliphatic heterocycles. The molecule has 0 bridgehead atoms. The Morgan fingerprint density at radius 1 is 1.26 bits per heavy atom. The van der Waals surface area contributed by atoms with E-state index in [1.807, 2.05) is 27.7 Å². The lowest BCUT2D eigenvalue weighted by Gasteiger charge is -2.15. The van der Waals surface area contributed by atoms with Gasteiger partial charge in [-0.2, -0.15) is 8.78 Å². The summed E-state index contributed by atoms with van der Waals surface area (Å²) in [5.41, 5.74) is 1.45. The molecule has 27 heavy (non-hydrogen) atoms. The van der Waals surface area contributed by atoms with Gasteiger partial charge in [0, 0.05) is 24.6 Å². The molecule has 0 atom stereocenters. The number of hydrogen-bond acceptors (Lipinski definition) is 4. The van der Waals surface area contributed by atoms with Crippen molar-refractivity contribution in [1.29, 1.82) is 0 Å². The average molecular weight is 380 g/mol. The second-order valence-corrected chi connectivity index (χ2v) is 7.14. The van der Waals surface area contributed by atoms with Gasteiger partial charge in [-0.05, 0) is 13.0 Å². The van der Waals surface area contributed by atoms with Gasteiger partial charge >= 0.3 is 6.61 Å². The van der Waals surface area contributed by atoms with E-state index in [0.29, 0.717) is 24.0 Å². The summed E-state index contributed by atoms with van der Waals surface area (Å²) in [7, 11) is 1.62. The summed E-state index contributed by atoms with van der Waals surface area (Å²) in [6.45, 7) is 5.79. The smallest absolute Gasteiger partial charge is 0.387 e. The van der Waals surface area contributed by atoms with E-state index in [1.165, 1.54) is 6.07 Å². The predicted molar refractivity (Wildman–Crippen MR) is 100 cm³/mol. The van der Waals surface area contributed by atoms with E-state index in [-0.39, 0.29) is 17.7 Å². The monoisotopic (exact) mass is 380 g/mol. The van der Waals surface area contributed by atoms with Crippen LogP contribution in [0.3, 0.4) is 0 Å². The molecule has 0 unspecified atom stereocenters. The number of hydrogen-bond donors (Lipinski definition) is 2. The van der Waals surface area contributed by atoms with Crippen molar-refractivity contribution in [3.63, 3.8) is 0 Å². The van der Waals surface area contributed by atoms with Gasteiger partial charge < -0.3 is 19.8 Å². The van der Waals surface area contributed by atoms with Gasteiger partial charge in [-0.25, -0.2) is 4.98 Å². The third-order valence-corrected chi connectivity index (χ3v) is 3.80. The van der Waals surface area contributed by atoms with Crippen LogP contribution in [0, 0.1) is 6.92 Å². The Balaban J connectivity index is 1.96. The van der Waals surface area contributed by atoms with Crippen molar-refractivity contribution in [2.45, 2.75) is 52.8 Å². The van der Waals surface area contributed by atoms with Gasteiger partial charge in [0.15, 0.2) is 5.96 Å². The molecule has 0 saturated carbocycles. The minimum absolute atomic E-state index is 0.114. The lowest BCUT2D eigenvalue weighted by molar-refractivity contribution is -0.0504. The first-order valence-corrected chi connectivity index (χ1v) is 8.63. The summed E-state index contributed by atoms with van der Waals surface area (Å²) in [4.78, 5) is 8.37. The Labute approximate surface area is 158 Å². The molecule has 0 radical (unpaired) electrons. The highest BCUT2D eigenvalue weighted by Crippen LogP contribution is 2.23. The third-order valence-electron chi connectivity index (χ3n) is 3.80. The number of halogens is 2. The van der Waals surface area contributed by atoms with Crippen LogP contribution in [0.5, 0.6) is 5.75 Å². The zero-order chi connectivity index (χ0) is 20.0. The molecule has 1 aromatic carbocycles. The van der Waals surface area contributed by atoms with Crippen LogP contribution in [0.4, 0.5) is 8.78 Å². The number of alkyl halides is 2. The molecule has 2 rings (SSSR count). The molecule has 148 valence electrons. The summed E-state index contributed by atoms with van der Waals surface area (Å²) in [6, 6.07) is 5.06. The first-order chi connectivity index (χ1) is 12.7. The van der Waals surface area contributed by atoms with Crippen LogP contribution in [0.1, 0.15) is 43.5 Å². The Bertz CT molecular complexity index is 782. The van der Waals surface area contributed by atoms with Crippen LogP contribution in [-0.4, -0.2) is 24.6 Å². The van der Waals surface area contributed by atoms with Crippen molar-refractivity contribution in [1.82, 2.24) is 15.6 Å². The van der Waals surface area contributed by atoms with Gasteiger partial charge in [0.2, 0.25) is 5.89 Å². The average Bonchev–Trinajstić information content (AvgIpc) is 3.06. The van der Waals surface area contributed by atoms with Crippen LogP contribution in [-0.2, 0) is 18.5 Å². The number of benzene rings is 1. The molecule has 1 heterocycles. The zero-order valence-corrected chi connectivity index (χ0v) is 16.3. The van der Waals surface area contributed by atoms with Crippen LogP contribution in [0.2, 0.25) is 0 Å². The van der Waals surface area contributed by atoms with E-state index in [9.17, 15) is 8.78 Å². The largest absolute Gasteiger partial charge is 0.443 e. The first-order valence-electron chi connectivity index (χ1n) is 8.63. The number of oxazole rings is 1. The van der Waals surface area contributed by atoms with Gasteiger partial charge in [-0.15, -0.1) is 0 Å². The molecule has 0 spiro atoms. The summed E-state index contributed by atoms with van der Waals surface area (Å²) < 4.78 is 35.4. The molecule has 0 fully saturated rings. The van der Waals surface area contributed by atoms with E-state index in [0.717, 1.165) is 11.3 Å². The Kier molecular flexibility index (Phi) is 6.76. The number of nitrogens with zero attached hydrogens (tertiary/aromatic N) is 2. The van der Waals surface area contributed by atoms with Crippen molar-refractivity contribution < 1.29 is 17.9 Å². The van der Waals surface area contributed by atoms with Gasteiger partial charge in [0.25, 0.3) is 0 Å². The third kappa shape index (κ3) is 6.23. The number of ether oxygens (including phenoxy) is 1. The topological polar surface area (TPSA) is 71.7 Å². The highest BCUT2D eigenvalue weighted by molar-refractivity contribution is 5.79. The quantitative estimate of drug-likeness (QED) is 0.590. The molecule has 2 aromatic rings. The van der Waals surface area contributed by atoms with Crippen molar-refractivity contribution >= 4 is 5.96 Å². The SMILES string of the molecule is CN=C(NCc1ncc(C(C)(C)C)o1)NCc1cc(C)ccc1OC(F)F. The maximum absolute atomic E-state index is 12.6. The fourth-order valence-electron chi connectivity index (χ4n) is 2.35. The fraction of sp³-hybridized carbons (Fsp3) is 0.474. The van der Waals surface area contributed by atoms with Crippen LogP contribution in [0.15, 0.2) is 33.8 Å². The second-order valence-electron chi connectivity index (χ2n) is 7.14. The number of aliphatic imine (C=N–C) groups is 1. The van der Waals surface area contributed by atoms with E-state index in [2.05, 4.69) is 25.3 Å². The van der Waals surface area contributed by atoms with E-state index in [1.54, 1.807) is 25.4 Å². The van der Waals surface area contributed by atoms with Crippen molar-refractivity contribution in [3.8, 4) is 5.75 Å². The predicted octanol–water partition coefficient (Wildman–Crippen LogP) is 3.75. The number of aryl methyl sites for hydroxylation is 1. The molecular weight excluding hydrogens is 354 g/mol. The number of rotatable bonds is 6. The van der Waals surface area contributed by atoms with Crippen molar-refractivity contribution in [2.75, 3.05) is 7.05 Å². The lowest BCUT2D eigenvalue weighted by Crippen LogP contribution is -2.36. The normalized spacial score (nSPS) is 12.4. The van der Waals surface area contributed by atoms with Gasteiger partial charge in [-0.3, -0.25) is 4.99 Å². The first kappa shape index (κ1) is 20.7. The van der Waals surface area contributed by atoms with Gasteiger partial charge in [0.1, 0.15) is 11.5 Å².